The number of aromatic nitrogens is 1. The fraction of sp³-hybridized carbons (Fsp3) is 0.286. The van der Waals surface area contributed by atoms with E-state index in [1.54, 1.807) is 13.3 Å². The first-order chi connectivity index (χ1) is 9.28. The second-order valence-electron chi connectivity index (χ2n) is 4.55. The lowest BCUT2D eigenvalue weighted by Gasteiger charge is -2.03. The number of benzene rings is 1. The Morgan fingerprint density at radius 1 is 1.42 bits per heavy atom. The van der Waals surface area contributed by atoms with E-state index < -0.39 is 0 Å². The second kappa shape index (κ2) is 5.01. The zero-order valence-corrected chi connectivity index (χ0v) is 11.3. The predicted octanol–water partition coefficient (Wildman–Crippen LogP) is 2.89. The van der Waals surface area contributed by atoms with Gasteiger partial charge in [-0.05, 0) is 30.0 Å². The van der Waals surface area contributed by atoms with Gasteiger partial charge in [-0.25, -0.2) is 4.98 Å². The molecule has 1 N–H and O–H groups in total. The summed E-state index contributed by atoms with van der Waals surface area (Å²) in [7, 11) is 1.65. The highest BCUT2D eigenvalue weighted by Gasteiger charge is 2.44. The van der Waals surface area contributed by atoms with Crippen molar-refractivity contribution in [3.05, 3.63) is 41.4 Å². The average Bonchev–Trinajstić information content (AvgIpc) is 3.09. The van der Waals surface area contributed by atoms with E-state index in [-0.39, 0.29) is 11.8 Å². The van der Waals surface area contributed by atoms with Crippen LogP contribution in [0.1, 0.15) is 17.9 Å². The number of carbonyl (C=O) groups excluding carboxylic acids is 1. The van der Waals surface area contributed by atoms with Crippen molar-refractivity contribution in [3.63, 3.8) is 0 Å². The van der Waals surface area contributed by atoms with E-state index in [1.807, 2.05) is 29.6 Å². The minimum Gasteiger partial charge on any atom is -0.497 e. The van der Waals surface area contributed by atoms with Gasteiger partial charge in [0.25, 0.3) is 0 Å². The van der Waals surface area contributed by atoms with Gasteiger partial charge in [0.15, 0.2) is 5.13 Å². The van der Waals surface area contributed by atoms with Crippen molar-refractivity contribution < 1.29 is 9.53 Å². The smallest absolute Gasteiger partial charge is 0.229 e. The molecule has 2 atom stereocenters. The fourth-order valence-electron chi connectivity index (χ4n) is 2.19. The molecule has 1 heterocycles. The molecule has 0 saturated heterocycles. The lowest BCUT2D eigenvalue weighted by atomic mass is 10.1. The van der Waals surface area contributed by atoms with Gasteiger partial charge in [0.1, 0.15) is 5.75 Å². The summed E-state index contributed by atoms with van der Waals surface area (Å²) < 4.78 is 5.13. The summed E-state index contributed by atoms with van der Waals surface area (Å²) in [5, 5.41) is 5.37. The largest absolute Gasteiger partial charge is 0.497 e. The zero-order chi connectivity index (χ0) is 13.2. The van der Waals surface area contributed by atoms with Crippen molar-refractivity contribution >= 4 is 22.4 Å². The highest BCUT2D eigenvalue weighted by Crippen LogP contribution is 2.48. The SMILES string of the molecule is COc1ccc(C2CC2C(=O)Nc2nccs2)cc1. The fourth-order valence-corrected chi connectivity index (χ4v) is 2.72. The second-order valence-corrected chi connectivity index (χ2v) is 5.44. The number of thiazole rings is 1. The lowest BCUT2D eigenvalue weighted by Crippen LogP contribution is -2.14. The molecule has 0 radical (unpaired) electrons. The van der Waals surface area contributed by atoms with Crippen LogP contribution in [0.3, 0.4) is 0 Å². The highest BCUT2D eigenvalue weighted by atomic mass is 32.1. The van der Waals surface area contributed by atoms with Crippen LogP contribution in [-0.2, 0) is 4.79 Å². The van der Waals surface area contributed by atoms with Crippen LogP contribution >= 0.6 is 11.3 Å². The Hall–Kier alpha value is -1.88. The molecule has 1 aromatic carbocycles. The molecule has 1 saturated carbocycles. The Morgan fingerprint density at radius 3 is 2.84 bits per heavy atom. The van der Waals surface area contributed by atoms with Crippen LogP contribution in [0.15, 0.2) is 35.8 Å². The molecule has 2 aromatic rings. The molecule has 19 heavy (non-hydrogen) atoms. The molecule has 1 aromatic heterocycles. The quantitative estimate of drug-likeness (QED) is 0.932. The standard InChI is InChI=1S/C14H14N2O2S/c1-18-10-4-2-9(3-5-10)11-8-12(11)13(17)16-14-15-6-7-19-14/h2-7,11-12H,8H2,1H3,(H,15,16,17). The van der Waals surface area contributed by atoms with Crippen LogP contribution in [0.2, 0.25) is 0 Å². The summed E-state index contributed by atoms with van der Waals surface area (Å²) in [6, 6.07) is 7.92. The molecule has 5 heteroatoms. The van der Waals surface area contributed by atoms with E-state index in [0.717, 1.165) is 12.2 Å². The summed E-state index contributed by atoms with van der Waals surface area (Å²) in [6.45, 7) is 0. The van der Waals surface area contributed by atoms with Crippen molar-refractivity contribution in [1.29, 1.82) is 0 Å². The van der Waals surface area contributed by atoms with E-state index in [0.29, 0.717) is 11.0 Å². The Morgan fingerprint density at radius 2 is 2.21 bits per heavy atom. The number of hydrogen-bond acceptors (Lipinski definition) is 4. The normalized spacial score (nSPS) is 20.9. The van der Waals surface area contributed by atoms with Gasteiger partial charge in [-0.15, -0.1) is 11.3 Å². The van der Waals surface area contributed by atoms with Crippen molar-refractivity contribution in [1.82, 2.24) is 4.98 Å². The molecular formula is C14H14N2O2S. The third kappa shape index (κ3) is 2.61. The topological polar surface area (TPSA) is 51.2 Å². The maximum atomic E-state index is 12.0. The van der Waals surface area contributed by atoms with Crippen molar-refractivity contribution in [2.24, 2.45) is 5.92 Å². The number of ether oxygens (including phenoxy) is 1. The van der Waals surface area contributed by atoms with Crippen LogP contribution in [0.5, 0.6) is 5.75 Å². The Bertz CT molecular complexity index is 566. The lowest BCUT2D eigenvalue weighted by molar-refractivity contribution is -0.117. The Kier molecular flexibility index (Phi) is 3.21. The number of nitrogens with one attached hydrogen (secondary N) is 1. The molecule has 0 aliphatic heterocycles. The summed E-state index contributed by atoms with van der Waals surface area (Å²) in [6.07, 6.45) is 2.59. The van der Waals surface area contributed by atoms with Gasteiger partial charge in [-0.1, -0.05) is 12.1 Å². The van der Waals surface area contributed by atoms with Gasteiger partial charge in [0.2, 0.25) is 5.91 Å². The molecule has 2 unspecified atom stereocenters. The average molecular weight is 274 g/mol. The number of anilines is 1. The first-order valence-electron chi connectivity index (χ1n) is 6.12. The molecule has 1 amide bonds. The highest BCUT2D eigenvalue weighted by molar-refractivity contribution is 7.13. The van der Waals surface area contributed by atoms with Gasteiger partial charge in [-0.3, -0.25) is 4.79 Å². The van der Waals surface area contributed by atoms with Crippen LogP contribution in [-0.4, -0.2) is 18.0 Å². The molecule has 0 spiro atoms. The maximum absolute atomic E-state index is 12.0. The zero-order valence-electron chi connectivity index (χ0n) is 10.5. The van der Waals surface area contributed by atoms with E-state index in [9.17, 15) is 4.79 Å². The molecule has 98 valence electrons. The third-order valence-corrected chi connectivity index (χ3v) is 4.02. The van der Waals surface area contributed by atoms with Gasteiger partial charge in [0.05, 0.1) is 7.11 Å². The van der Waals surface area contributed by atoms with Gasteiger partial charge < -0.3 is 10.1 Å². The molecule has 0 bridgehead atoms. The minimum absolute atomic E-state index is 0.0655. The van der Waals surface area contributed by atoms with Crippen molar-refractivity contribution in [2.45, 2.75) is 12.3 Å². The van der Waals surface area contributed by atoms with Crippen LogP contribution in [0.4, 0.5) is 5.13 Å². The number of amides is 1. The number of nitrogens with zero attached hydrogens (tertiary/aromatic N) is 1. The van der Waals surface area contributed by atoms with E-state index >= 15 is 0 Å². The number of carbonyl (C=O) groups is 1. The van der Waals surface area contributed by atoms with Gasteiger partial charge >= 0.3 is 0 Å². The first kappa shape index (κ1) is 12.2. The Labute approximate surface area is 115 Å². The summed E-state index contributed by atoms with van der Waals surface area (Å²) in [5.41, 5.74) is 1.19. The maximum Gasteiger partial charge on any atom is 0.229 e. The summed E-state index contributed by atoms with van der Waals surface area (Å²) >= 11 is 1.44. The van der Waals surface area contributed by atoms with Gasteiger partial charge in [-0.2, -0.15) is 0 Å². The number of rotatable bonds is 4. The van der Waals surface area contributed by atoms with E-state index in [1.165, 1.54) is 16.9 Å². The predicted molar refractivity (Wildman–Crippen MR) is 74.6 cm³/mol. The number of methoxy groups -OCH3 is 1. The summed E-state index contributed by atoms with van der Waals surface area (Å²) in [4.78, 5) is 16.1. The van der Waals surface area contributed by atoms with Gasteiger partial charge in [0, 0.05) is 17.5 Å². The summed E-state index contributed by atoms with van der Waals surface area (Å²) in [5.74, 6) is 1.30. The third-order valence-electron chi connectivity index (χ3n) is 3.33. The van der Waals surface area contributed by atoms with Crippen molar-refractivity contribution in [2.75, 3.05) is 12.4 Å². The van der Waals surface area contributed by atoms with E-state index in [2.05, 4.69) is 10.3 Å². The molecular weight excluding hydrogens is 260 g/mol. The molecule has 1 fully saturated rings. The van der Waals surface area contributed by atoms with E-state index in [4.69, 9.17) is 4.74 Å². The van der Waals surface area contributed by atoms with Crippen LogP contribution < -0.4 is 10.1 Å². The van der Waals surface area contributed by atoms with Crippen LogP contribution in [0, 0.1) is 5.92 Å². The molecule has 4 nitrogen and oxygen atoms in total. The first-order valence-corrected chi connectivity index (χ1v) is 7.00. The number of hydrogen-bond donors (Lipinski definition) is 1. The molecule has 3 rings (SSSR count). The van der Waals surface area contributed by atoms with Crippen LogP contribution in [0.25, 0.3) is 0 Å². The molecule has 1 aliphatic carbocycles. The minimum atomic E-state index is 0.0655. The molecule has 1 aliphatic rings. The Balaban J connectivity index is 1.62. The van der Waals surface area contributed by atoms with Crippen molar-refractivity contribution in [3.8, 4) is 5.75 Å². The monoisotopic (exact) mass is 274 g/mol.